The second kappa shape index (κ2) is 11.7. The minimum Gasteiger partial charge on any atom is -0.489 e. The van der Waals surface area contributed by atoms with Crippen molar-refractivity contribution in [3.8, 4) is 11.8 Å². The van der Waals surface area contributed by atoms with Crippen molar-refractivity contribution >= 4 is 65.1 Å². The fourth-order valence-electron chi connectivity index (χ4n) is 3.76. The third-order valence-electron chi connectivity index (χ3n) is 5.70. The number of pyridine rings is 1. The number of hydrogen-bond donors (Lipinski definition) is 4. The van der Waals surface area contributed by atoms with Crippen LogP contribution in [0.25, 0.3) is 10.9 Å². The molecule has 1 aliphatic heterocycles. The van der Waals surface area contributed by atoms with Crippen molar-refractivity contribution in [2.24, 2.45) is 0 Å². The highest BCUT2D eigenvalue weighted by atomic mass is 35.5. The number of carbonyl (C=O) groups is 1. The summed E-state index contributed by atoms with van der Waals surface area (Å²) in [4.78, 5) is 17.1. The Labute approximate surface area is 226 Å². The fraction of sp³-hybridized carbons (Fsp3) is 0.292. The third kappa shape index (κ3) is 6.28. The van der Waals surface area contributed by atoms with E-state index in [1.54, 1.807) is 0 Å². The number of aliphatic hydroxyl groups is 2. The Balaban J connectivity index is 1.75. The Morgan fingerprint density at radius 2 is 2.16 bits per heavy atom. The minimum absolute atomic E-state index is 0.106. The number of benzene rings is 2. The normalized spacial score (nSPS) is 17.1. The smallest absolute Gasteiger partial charge is 0.225 e. The molecule has 3 aromatic rings. The summed E-state index contributed by atoms with van der Waals surface area (Å²) in [6, 6.07) is 8.95. The fourth-order valence-corrected chi connectivity index (χ4v) is 7.71. The molecule has 1 aromatic heterocycles. The molecule has 0 spiro atoms. The van der Waals surface area contributed by atoms with Crippen LogP contribution in [0.5, 0.6) is 5.75 Å². The van der Waals surface area contributed by atoms with Crippen LogP contribution in [0, 0.1) is 17.1 Å². The van der Waals surface area contributed by atoms with Crippen LogP contribution in [0.15, 0.2) is 36.5 Å². The summed E-state index contributed by atoms with van der Waals surface area (Å²) < 4.78 is 43.6. The van der Waals surface area contributed by atoms with E-state index in [9.17, 15) is 28.0 Å². The second-order valence-corrected chi connectivity index (χ2v) is 13.2. The Morgan fingerprint density at radius 3 is 2.82 bits per heavy atom. The lowest BCUT2D eigenvalue weighted by Crippen LogP contribution is -2.24. The topological polar surface area (TPSA) is 162 Å². The number of rotatable bonds is 9. The number of carbonyl (C=O) groups excluding carboxylic acids is 1. The number of hydrogen-bond acceptors (Lipinski definition) is 10. The molecule has 0 aliphatic carbocycles. The van der Waals surface area contributed by atoms with Gasteiger partial charge in [-0.25, -0.2) is 12.8 Å². The SMILES string of the molecule is N#Cc1cnc2cc(OCC(O)CO)c(NC(=O)CC3CCSS3(=O)=O)cc2c1Nc1ccc(F)c(Cl)c1. The first-order valence-electron chi connectivity index (χ1n) is 11.3. The Kier molecular flexibility index (Phi) is 8.59. The summed E-state index contributed by atoms with van der Waals surface area (Å²) in [7, 11) is -2.61. The van der Waals surface area contributed by atoms with E-state index in [2.05, 4.69) is 15.6 Å². The minimum atomic E-state index is -3.43. The molecule has 2 unspecified atom stereocenters. The van der Waals surface area contributed by atoms with Gasteiger partial charge in [0.25, 0.3) is 0 Å². The molecule has 1 fully saturated rings. The van der Waals surface area contributed by atoms with Gasteiger partial charge in [0.2, 0.25) is 14.8 Å². The van der Waals surface area contributed by atoms with E-state index in [0.29, 0.717) is 34.5 Å². The number of amides is 1. The highest BCUT2D eigenvalue weighted by Crippen LogP contribution is 2.37. The van der Waals surface area contributed by atoms with Gasteiger partial charge < -0.3 is 25.6 Å². The van der Waals surface area contributed by atoms with Crippen LogP contribution < -0.4 is 15.4 Å². The molecular weight excluding hydrogens is 559 g/mol. The first kappa shape index (κ1) is 27.9. The van der Waals surface area contributed by atoms with Crippen LogP contribution in [0.3, 0.4) is 0 Å². The van der Waals surface area contributed by atoms with E-state index >= 15 is 0 Å². The average molecular weight is 581 g/mol. The van der Waals surface area contributed by atoms with Crippen LogP contribution in [-0.2, 0) is 13.7 Å². The van der Waals surface area contributed by atoms with Gasteiger partial charge in [-0.3, -0.25) is 9.78 Å². The molecule has 4 rings (SSSR count). The van der Waals surface area contributed by atoms with Gasteiger partial charge in [-0.1, -0.05) is 11.6 Å². The highest BCUT2D eigenvalue weighted by Gasteiger charge is 2.34. The zero-order valence-electron chi connectivity index (χ0n) is 19.6. The number of fused-ring (bicyclic) bond motifs is 1. The van der Waals surface area contributed by atoms with Gasteiger partial charge in [-0.15, -0.1) is 0 Å². The zero-order valence-corrected chi connectivity index (χ0v) is 22.0. The molecule has 0 radical (unpaired) electrons. The Morgan fingerprint density at radius 1 is 1.37 bits per heavy atom. The van der Waals surface area contributed by atoms with Crippen LogP contribution in [-0.4, -0.2) is 59.8 Å². The molecule has 200 valence electrons. The molecular formula is C24H22ClFN4O6S2. The van der Waals surface area contributed by atoms with E-state index in [1.807, 2.05) is 6.07 Å². The van der Waals surface area contributed by atoms with Gasteiger partial charge in [0, 0.05) is 35.5 Å². The van der Waals surface area contributed by atoms with Gasteiger partial charge in [0.05, 0.1) is 39.3 Å². The van der Waals surface area contributed by atoms with Gasteiger partial charge in [0.1, 0.15) is 30.3 Å². The molecule has 4 N–H and O–H groups in total. The van der Waals surface area contributed by atoms with Crippen molar-refractivity contribution in [2.75, 3.05) is 29.6 Å². The lowest BCUT2D eigenvalue weighted by atomic mass is 10.1. The first-order valence-corrected chi connectivity index (χ1v) is 14.7. The molecule has 2 heterocycles. The molecule has 10 nitrogen and oxygen atoms in total. The van der Waals surface area contributed by atoms with Crippen LogP contribution >= 0.6 is 22.4 Å². The molecule has 14 heteroatoms. The zero-order chi connectivity index (χ0) is 27.4. The molecule has 38 heavy (non-hydrogen) atoms. The maximum Gasteiger partial charge on any atom is 0.225 e. The van der Waals surface area contributed by atoms with Crippen LogP contribution in [0.4, 0.5) is 21.5 Å². The maximum atomic E-state index is 13.7. The Hall–Kier alpha value is -3.15. The first-order chi connectivity index (χ1) is 18.1. The van der Waals surface area contributed by atoms with Gasteiger partial charge in [-0.05, 0) is 41.5 Å². The van der Waals surface area contributed by atoms with Crippen molar-refractivity contribution in [3.05, 3.63) is 52.9 Å². The van der Waals surface area contributed by atoms with Gasteiger partial charge in [0.15, 0.2) is 0 Å². The summed E-state index contributed by atoms with van der Waals surface area (Å²) in [5.41, 5.74) is 1.32. The number of ether oxygens (including phenoxy) is 1. The molecule has 1 amide bonds. The number of nitrogens with zero attached hydrogens (tertiary/aromatic N) is 2. The molecule has 2 atom stereocenters. The lowest BCUT2D eigenvalue weighted by Gasteiger charge is -2.18. The van der Waals surface area contributed by atoms with Crippen LogP contribution in [0.1, 0.15) is 18.4 Å². The van der Waals surface area contributed by atoms with Crippen molar-refractivity contribution < 1.29 is 32.6 Å². The molecule has 0 bridgehead atoms. The van der Waals surface area contributed by atoms with Gasteiger partial charge >= 0.3 is 0 Å². The lowest BCUT2D eigenvalue weighted by molar-refractivity contribution is -0.116. The van der Waals surface area contributed by atoms with E-state index in [0.717, 1.165) is 10.8 Å². The van der Waals surface area contributed by atoms with Gasteiger partial charge in [-0.2, -0.15) is 5.26 Å². The van der Waals surface area contributed by atoms with E-state index < -0.39 is 38.6 Å². The number of aliphatic hydroxyl groups excluding tert-OH is 2. The molecule has 1 aliphatic rings. The van der Waals surface area contributed by atoms with Crippen molar-refractivity contribution in [2.45, 2.75) is 24.2 Å². The largest absolute Gasteiger partial charge is 0.489 e. The number of nitriles is 1. The number of aromatic nitrogens is 1. The highest BCUT2D eigenvalue weighted by molar-refractivity contribution is 8.72. The predicted octanol–water partition coefficient (Wildman–Crippen LogP) is 3.54. The maximum absolute atomic E-state index is 13.7. The van der Waals surface area contributed by atoms with Crippen molar-refractivity contribution in [3.63, 3.8) is 0 Å². The van der Waals surface area contributed by atoms with E-state index in [4.69, 9.17) is 21.4 Å². The summed E-state index contributed by atoms with van der Waals surface area (Å²) in [5, 5.41) is 33.7. The second-order valence-electron chi connectivity index (χ2n) is 8.40. The summed E-state index contributed by atoms with van der Waals surface area (Å²) in [6.45, 7) is -0.849. The summed E-state index contributed by atoms with van der Waals surface area (Å²) in [6.07, 6.45) is 0.225. The third-order valence-corrected chi connectivity index (χ3v) is 10.2. The molecule has 1 saturated heterocycles. The molecule has 0 saturated carbocycles. The number of anilines is 3. The van der Waals surface area contributed by atoms with E-state index in [-0.39, 0.29) is 35.1 Å². The monoisotopic (exact) mass is 580 g/mol. The Bertz CT molecular complexity index is 1530. The average Bonchev–Trinajstić information content (AvgIpc) is 3.22. The van der Waals surface area contributed by atoms with Crippen molar-refractivity contribution in [1.82, 2.24) is 4.98 Å². The van der Waals surface area contributed by atoms with Crippen molar-refractivity contribution in [1.29, 1.82) is 5.26 Å². The van der Waals surface area contributed by atoms with Crippen LogP contribution in [0.2, 0.25) is 5.02 Å². The number of nitrogens with one attached hydrogen (secondary N) is 2. The predicted molar refractivity (Wildman–Crippen MR) is 143 cm³/mol. The summed E-state index contributed by atoms with van der Waals surface area (Å²) >= 11 is 5.90. The number of halogens is 2. The van der Waals surface area contributed by atoms with E-state index in [1.165, 1.54) is 36.5 Å². The quantitative estimate of drug-likeness (QED) is 0.275. The summed E-state index contributed by atoms with van der Waals surface area (Å²) in [5.74, 6) is -0.668. The molecule has 2 aromatic carbocycles. The standard InChI is InChI=1S/C24H22ClFN4O6S2/c25-18-5-14(1-2-19(18)26)29-24-13(9-27)10-28-20-8-22(36-12-15(32)11-31)21(7-17(20)24)30-23(33)6-16-3-4-37-38(16,34)35/h1-2,5,7-8,10,15-16,31-32H,3-4,6,11-12H2,(H,28,29)(H,30,33).